The van der Waals surface area contributed by atoms with E-state index in [0.29, 0.717) is 11.1 Å². The number of benzene rings is 3. The van der Waals surface area contributed by atoms with E-state index in [9.17, 15) is 9.90 Å². The number of carbonyl (C=O) groups is 1. The lowest BCUT2D eigenvalue weighted by Gasteiger charge is -2.14. The molecular weight excluding hydrogens is 312 g/mol. The molecule has 0 saturated carbocycles. The lowest BCUT2D eigenvalue weighted by molar-refractivity contribution is 0.0598. The number of aryl methyl sites for hydroxylation is 2. The molecule has 0 aromatic heterocycles. The lowest BCUT2D eigenvalue weighted by Crippen LogP contribution is -2.05. The van der Waals surface area contributed by atoms with E-state index < -0.39 is 5.97 Å². The van der Waals surface area contributed by atoms with E-state index in [1.165, 1.54) is 7.11 Å². The topological polar surface area (TPSA) is 46.5 Å². The van der Waals surface area contributed by atoms with Gasteiger partial charge in [0, 0.05) is 5.56 Å². The predicted molar refractivity (Wildman–Crippen MR) is 99.8 cm³/mol. The summed E-state index contributed by atoms with van der Waals surface area (Å²) in [6.45, 7) is 4.01. The van der Waals surface area contributed by atoms with Gasteiger partial charge in [0.2, 0.25) is 0 Å². The highest BCUT2D eigenvalue weighted by Crippen LogP contribution is 2.38. The zero-order chi connectivity index (χ0) is 18.0. The zero-order valence-electron chi connectivity index (χ0n) is 14.5. The van der Waals surface area contributed by atoms with Crippen molar-refractivity contribution in [1.82, 2.24) is 0 Å². The smallest absolute Gasteiger partial charge is 0.342 e. The standard InChI is InChI=1S/C22H20O3/c1-14-4-8-16(9-5-14)18-12-13-19(17-10-6-15(2)7-11-17)21(23)20(18)22(24)25-3/h4-13,23H,1-3H3. The molecule has 0 radical (unpaired) electrons. The average molecular weight is 332 g/mol. The van der Waals surface area contributed by atoms with E-state index in [1.54, 1.807) is 0 Å². The molecule has 3 rings (SSSR count). The maximum Gasteiger partial charge on any atom is 0.342 e. The Balaban J connectivity index is 2.21. The van der Waals surface area contributed by atoms with Crippen molar-refractivity contribution in [2.24, 2.45) is 0 Å². The third-order valence-corrected chi connectivity index (χ3v) is 4.29. The first-order valence-corrected chi connectivity index (χ1v) is 8.09. The Kier molecular flexibility index (Phi) is 4.57. The second-order valence-electron chi connectivity index (χ2n) is 6.11. The number of ether oxygens (including phenoxy) is 1. The second-order valence-corrected chi connectivity index (χ2v) is 6.11. The predicted octanol–water partition coefficient (Wildman–Crippen LogP) is 5.13. The molecule has 0 heterocycles. The fraction of sp³-hybridized carbons (Fsp3) is 0.136. The van der Waals surface area contributed by atoms with E-state index in [0.717, 1.165) is 22.3 Å². The van der Waals surface area contributed by atoms with Gasteiger partial charge < -0.3 is 9.84 Å². The van der Waals surface area contributed by atoms with Crippen molar-refractivity contribution in [3.05, 3.63) is 77.4 Å². The minimum atomic E-state index is -0.554. The molecule has 0 unspecified atom stereocenters. The number of carbonyl (C=O) groups excluding carboxylic acids is 1. The molecule has 126 valence electrons. The third-order valence-electron chi connectivity index (χ3n) is 4.29. The van der Waals surface area contributed by atoms with Crippen LogP contribution in [0.3, 0.4) is 0 Å². The van der Waals surface area contributed by atoms with Crippen LogP contribution in [0.25, 0.3) is 22.3 Å². The molecule has 0 saturated heterocycles. The SMILES string of the molecule is COC(=O)c1c(-c2ccc(C)cc2)ccc(-c2ccc(C)cc2)c1O. The van der Waals surface area contributed by atoms with Crippen LogP contribution in [0.5, 0.6) is 5.75 Å². The summed E-state index contributed by atoms with van der Waals surface area (Å²) >= 11 is 0. The number of aromatic hydroxyl groups is 1. The number of hydrogen-bond acceptors (Lipinski definition) is 3. The molecule has 0 bridgehead atoms. The summed E-state index contributed by atoms with van der Waals surface area (Å²) in [5.74, 6) is -0.615. The van der Waals surface area contributed by atoms with Crippen LogP contribution in [0, 0.1) is 13.8 Å². The number of phenolic OH excluding ortho intramolecular Hbond substituents is 1. The fourth-order valence-electron chi connectivity index (χ4n) is 2.84. The van der Waals surface area contributed by atoms with Gasteiger partial charge in [-0.25, -0.2) is 4.79 Å². The average Bonchev–Trinajstić information content (AvgIpc) is 2.62. The summed E-state index contributed by atoms with van der Waals surface area (Å²) in [5.41, 5.74) is 5.41. The minimum absolute atomic E-state index is 0.0613. The molecule has 0 aliphatic carbocycles. The largest absolute Gasteiger partial charge is 0.506 e. The first kappa shape index (κ1) is 16.8. The highest BCUT2D eigenvalue weighted by atomic mass is 16.5. The van der Waals surface area contributed by atoms with Gasteiger partial charge in [0.05, 0.1) is 7.11 Å². The van der Waals surface area contributed by atoms with Gasteiger partial charge in [-0.15, -0.1) is 0 Å². The maximum absolute atomic E-state index is 12.4. The van der Waals surface area contributed by atoms with E-state index in [2.05, 4.69) is 0 Å². The van der Waals surface area contributed by atoms with Crippen molar-refractivity contribution >= 4 is 5.97 Å². The molecule has 3 aromatic rings. The molecule has 0 fully saturated rings. The maximum atomic E-state index is 12.4. The second kappa shape index (κ2) is 6.81. The summed E-state index contributed by atoms with van der Waals surface area (Å²) in [4.78, 5) is 12.4. The van der Waals surface area contributed by atoms with Crippen LogP contribution < -0.4 is 0 Å². The van der Waals surface area contributed by atoms with Gasteiger partial charge in [0.1, 0.15) is 11.3 Å². The van der Waals surface area contributed by atoms with E-state index in [1.807, 2.05) is 74.5 Å². The molecule has 25 heavy (non-hydrogen) atoms. The van der Waals surface area contributed by atoms with Gasteiger partial charge in [0.25, 0.3) is 0 Å². The summed E-state index contributed by atoms with van der Waals surface area (Å²) in [5, 5.41) is 10.8. The Hall–Kier alpha value is -3.07. The van der Waals surface area contributed by atoms with Crippen molar-refractivity contribution in [1.29, 1.82) is 0 Å². The summed E-state index contributed by atoms with van der Waals surface area (Å²) < 4.78 is 4.91. The Labute approximate surface area is 147 Å². The molecule has 0 spiro atoms. The molecule has 0 amide bonds. The van der Waals surface area contributed by atoms with Gasteiger partial charge in [-0.1, -0.05) is 65.7 Å². The van der Waals surface area contributed by atoms with Gasteiger partial charge in [-0.2, -0.15) is 0 Å². The highest BCUT2D eigenvalue weighted by Gasteiger charge is 2.21. The number of esters is 1. The quantitative estimate of drug-likeness (QED) is 0.676. The first-order chi connectivity index (χ1) is 12.0. The molecular formula is C22H20O3. The van der Waals surface area contributed by atoms with E-state index >= 15 is 0 Å². The normalized spacial score (nSPS) is 10.5. The number of methoxy groups -OCH3 is 1. The Bertz CT molecular complexity index is 907. The highest BCUT2D eigenvalue weighted by molar-refractivity contribution is 6.02. The Morgan fingerprint density at radius 2 is 1.20 bits per heavy atom. The molecule has 0 atom stereocenters. The number of phenols is 1. The Morgan fingerprint density at radius 3 is 1.68 bits per heavy atom. The molecule has 0 aliphatic heterocycles. The third kappa shape index (κ3) is 3.26. The molecule has 0 aliphatic rings. The molecule has 3 nitrogen and oxygen atoms in total. The Morgan fingerprint density at radius 1 is 0.760 bits per heavy atom. The van der Waals surface area contributed by atoms with Crippen LogP contribution in [0.4, 0.5) is 0 Å². The number of hydrogen-bond donors (Lipinski definition) is 1. The van der Waals surface area contributed by atoms with Crippen LogP contribution in [0.1, 0.15) is 21.5 Å². The summed E-state index contributed by atoms with van der Waals surface area (Å²) in [7, 11) is 1.32. The van der Waals surface area contributed by atoms with Gasteiger partial charge in [-0.05, 0) is 36.6 Å². The monoisotopic (exact) mass is 332 g/mol. The minimum Gasteiger partial charge on any atom is -0.506 e. The van der Waals surface area contributed by atoms with E-state index in [-0.39, 0.29) is 11.3 Å². The van der Waals surface area contributed by atoms with Crippen LogP contribution in [-0.4, -0.2) is 18.2 Å². The van der Waals surface area contributed by atoms with Gasteiger partial charge in [0.15, 0.2) is 0 Å². The van der Waals surface area contributed by atoms with Crippen molar-refractivity contribution in [3.63, 3.8) is 0 Å². The first-order valence-electron chi connectivity index (χ1n) is 8.09. The molecule has 3 aromatic carbocycles. The summed E-state index contributed by atoms with van der Waals surface area (Å²) in [6, 6.07) is 19.3. The van der Waals surface area contributed by atoms with Gasteiger partial charge >= 0.3 is 5.97 Å². The fourth-order valence-corrected chi connectivity index (χ4v) is 2.84. The van der Waals surface area contributed by atoms with Crippen LogP contribution in [0.2, 0.25) is 0 Å². The van der Waals surface area contributed by atoms with Crippen molar-refractivity contribution < 1.29 is 14.6 Å². The lowest BCUT2D eigenvalue weighted by atomic mass is 9.93. The van der Waals surface area contributed by atoms with E-state index in [4.69, 9.17) is 4.74 Å². The molecule has 3 heteroatoms. The molecule has 1 N–H and O–H groups in total. The van der Waals surface area contributed by atoms with Gasteiger partial charge in [-0.3, -0.25) is 0 Å². The van der Waals surface area contributed by atoms with Crippen LogP contribution in [0.15, 0.2) is 60.7 Å². The zero-order valence-corrected chi connectivity index (χ0v) is 14.5. The van der Waals surface area contributed by atoms with Crippen molar-refractivity contribution in [3.8, 4) is 28.0 Å². The number of rotatable bonds is 3. The summed E-state index contributed by atoms with van der Waals surface area (Å²) in [6.07, 6.45) is 0. The van der Waals surface area contributed by atoms with Crippen molar-refractivity contribution in [2.75, 3.05) is 7.11 Å². The van der Waals surface area contributed by atoms with Crippen molar-refractivity contribution in [2.45, 2.75) is 13.8 Å². The van der Waals surface area contributed by atoms with Crippen LogP contribution in [-0.2, 0) is 4.74 Å². The van der Waals surface area contributed by atoms with Crippen LogP contribution >= 0.6 is 0 Å².